The van der Waals surface area contributed by atoms with Gasteiger partial charge in [0.15, 0.2) is 0 Å². The maximum atomic E-state index is 12.9. The predicted octanol–water partition coefficient (Wildman–Crippen LogP) is 1.51. The van der Waals surface area contributed by atoms with Crippen LogP contribution in [-0.2, 0) is 4.74 Å². The summed E-state index contributed by atoms with van der Waals surface area (Å²) in [5, 5.41) is 0. The molecule has 1 aromatic carbocycles. The largest absolute Gasteiger partial charge is 0.399 e. The van der Waals surface area contributed by atoms with Crippen LogP contribution in [0.15, 0.2) is 18.2 Å². The molecular weight excluding hydrogens is 278 g/mol. The lowest BCUT2D eigenvalue weighted by atomic mass is 10.1. The molecule has 120 valence electrons. The number of benzene rings is 1. The van der Waals surface area contributed by atoms with Gasteiger partial charge in [0.05, 0.1) is 13.2 Å². The van der Waals surface area contributed by atoms with E-state index in [0.717, 1.165) is 63.4 Å². The van der Waals surface area contributed by atoms with Crippen molar-refractivity contribution >= 4 is 11.6 Å². The van der Waals surface area contributed by atoms with Crippen molar-refractivity contribution in [1.29, 1.82) is 0 Å². The van der Waals surface area contributed by atoms with E-state index in [0.29, 0.717) is 11.7 Å². The van der Waals surface area contributed by atoms with E-state index in [2.05, 4.69) is 4.90 Å². The normalized spacial score (nSPS) is 23.0. The number of nitrogens with zero attached hydrogens (tertiary/aromatic N) is 2. The summed E-state index contributed by atoms with van der Waals surface area (Å²) in [4.78, 5) is 17.3. The van der Waals surface area contributed by atoms with Crippen LogP contribution in [0.3, 0.4) is 0 Å². The summed E-state index contributed by atoms with van der Waals surface area (Å²) in [6.45, 7) is 7.31. The first-order valence-corrected chi connectivity index (χ1v) is 8.12. The van der Waals surface area contributed by atoms with Crippen LogP contribution >= 0.6 is 0 Å². The van der Waals surface area contributed by atoms with Crippen molar-refractivity contribution in [2.45, 2.75) is 25.8 Å². The molecule has 1 unspecified atom stereocenters. The number of morpholine rings is 1. The third-order valence-electron chi connectivity index (χ3n) is 4.70. The molecule has 5 nitrogen and oxygen atoms in total. The molecule has 2 fully saturated rings. The lowest BCUT2D eigenvalue weighted by Crippen LogP contribution is -2.46. The molecule has 1 aromatic rings. The first kappa shape index (κ1) is 15.3. The summed E-state index contributed by atoms with van der Waals surface area (Å²) in [5.74, 6) is 0.126. The molecule has 0 spiro atoms. The fourth-order valence-electron chi connectivity index (χ4n) is 3.40. The minimum absolute atomic E-state index is 0.126. The van der Waals surface area contributed by atoms with Gasteiger partial charge in [-0.15, -0.1) is 0 Å². The molecule has 22 heavy (non-hydrogen) atoms. The van der Waals surface area contributed by atoms with Crippen molar-refractivity contribution in [3.63, 3.8) is 0 Å². The van der Waals surface area contributed by atoms with Crippen LogP contribution in [0.25, 0.3) is 0 Å². The summed E-state index contributed by atoms with van der Waals surface area (Å²) < 4.78 is 5.40. The number of nitrogen functional groups attached to an aromatic ring is 1. The average molecular weight is 303 g/mol. The van der Waals surface area contributed by atoms with Gasteiger partial charge in [0.25, 0.3) is 5.91 Å². The van der Waals surface area contributed by atoms with Crippen molar-refractivity contribution < 1.29 is 9.53 Å². The first-order valence-electron chi connectivity index (χ1n) is 8.12. The van der Waals surface area contributed by atoms with Crippen molar-refractivity contribution in [2.24, 2.45) is 0 Å². The Labute approximate surface area is 132 Å². The van der Waals surface area contributed by atoms with Crippen LogP contribution < -0.4 is 5.73 Å². The molecule has 0 aromatic heterocycles. The van der Waals surface area contributed by atoms with Gasteiger partial charge in [-0.25, -0.2) is 0 Å². The van der Waals surface area contributed by atoms with E-state index in [-0.39, 0.29) is 5.91 Å². The van der Waals surface area contributed by atoms with Gasteiger partial charge in [0, 0.05) is 43.5 Å². The van der Waals surface area contributed by atoms with Crippen LogP contribution in [0.2, 0.25) is 0 Å². The predicted molar refractivity (Wildman–Crippen MR) is 86.9 cm³/mol. The van der Waals surface area contributed by atoms with Crippen LogP contribution in [0.5, 0.6) is 0 Å². The first-order chi connectivity index (χ1) is 10.6. The van der Waals surface area contributed by atoms with Crippen LogP contribution in [0.4, 0.5) is 5.69 Å². The lowest BCUT2D eigenvalue weighted by molar-refractivity contribution is 0.0261. The number of hydrogen-bond acceptors (Lipinski definition) is 4. The zero-order valence-electron chi connectivity index (χ0n) is 13.3. The molecule has 2 saturated heterocycles. The Balaban J connectivity index is 1.71. The van der Waals surface area contributed by atoms with Gasteiger partial charge >= 0.3 is 0 Å². The highest BCUT2D eigenvalue weighted by molar-refractivity contribution is 5.96. The van der Waals surface area contributed by atoms with Gasteiger partial charge in [0.1, 0.15) is 0 Å². The second-order valence-corrected chi connectivity index (χ2v) is 6.28. The van der Waals surface area contributed by atoms with Crippen molar-refractivity contribution in [1.82, 2.24) is 9.80 Å². The van der Waals surface area contributed by atoms with E-state index in [1.807, 2.05) is 30.0 Å². The van der Waals surface area contributed by atoms with Gasteiger partial charge in [-0.05, 0) is 37.5 Å². The standard InChI is InChI=1S/C17H25N3O2/c1-13-4-5-14(18)11-16(13)17(21)20-6-2-3-15(20)12-19-7-9-22-10-8-19/h4-5,11,15H,2-3,6-10,12,18H2,1H3. The van der Waals surface area contributed by atoms with Crippen molar-refractivity contribution in [3.05, 3.63) is 29.3 Å². The van der Waals surface area contributed by atoms with Crippen molar-refractivity contribution in [3.8, 4) is 0 Å². The average Bonchev–Trinajstić information content (AvgIpc) is 2.98. The summed E-state index contributed by atoms with van der Waals surface area (Å²) >= 11 is 0. The summed E-state index contributed by atoms with van der Waals surface area (Å²) in [5.41, 5.74) is 8.25. The molecule has 0 aliphatic carbocycles. The zero-order chi connectivity index (χ0) is 15.5. The quantitative estimate of drug-likeness (QED) is 0.860. The Morgan fingerprint density at radius 3 is 2.86 bits per heavy atom. The lowest BCUT2D eigenvalue weighted by Gasteiger charge is -2.33. The molecule has 2 N–H and O–H groups in total. The molecular formula is C17H25N3O2. The van der Waals surface area contributed by atoms with Gasteiger partial charge in [-0.2, -0.15) is 0 Å². The third-order valence-corrected chi connectivity index (χ3v) is 4.70. The Morgan fingerprint density at radius 2 is 2.09 bits per heavy atom. The highest BCUT2D eigenvalue weighted by atomic mass is 16.5. The number of nitrogens with two attached hydrogens (primary N) is 1. The zero-order valence-corrected chi connectivity index (χ0v) is 13.3. The topological polar surface area (TPSA) is 58.8 Å². The molecule has 0 radical (unpaired) electrons. The van der Waals surface area contributed by atoms with Gasteiger partial charge in [-0.1, -0.05) is 6.07 Å². The minimum Gasteiger partial charge on any atom is -0.399 e. The monoisotopic (exact) mass is 303 g/mol. The Morgan fingerprint density at radius 1 is 1.32 bits per heavy atom. The number of aryl methyl sites for hydroxylation is 1. The van der Waals surface area contributed by atoms with Gasteiger partial charge in [-0.3, -0.25) is 9.69 Å². The second kappa shape index (κ2) is 6.67. The smallest absolute Gasteiger partial charge is 0.254 e. The van der Waals surface area contributed by atoms with E-state index >= 15 is 0 Å². The fraction of sp³-hybridized carbons (Fsp3) is 0.588. The maximum absolute atomic E-state index is 12.9. The maximum Gasteiger partial charge on any atom is 0.254 e. The van der Waals surface area contributed by atoms with Gasteiger partial charge in [0.2, 0.25) is 0 Å². The summed E-state index contributed by atoms with van der Waals surface area (Å²) in [7, 11) is 0. The third kappa shape index (κ3) is 3.25. The van der Waals surface area contributed by atoms with Gasteiger partial charge < -0.3 is 15.4 Å². The minimum atomic E-state index is 0.126. The number of likely N-dealkylation sites (tertiary alicyclic amines) is 1. The van der Waals surface area contributed by atoms with Crippen molar-refractivity contribution in [2.75, 3.05) is 45.1 Å². The molecule has 1 amide bonds. The summed E-state index contributed by atoms with van der Waals surface area (Å²) in [6.07, 6.45) is 2.17. The number of ether oxygens (including phenoxy) is 1. The number of rotatable bonds is 3. The Bertz CT molecular complexity index is 541. The molecule has 5 heteroatoms. The molecule has 1 atom stereocenters. The number of anilines is 1. The molecule has 0 bridgehead atoms. The van der Waals surface area contributed by atoms with Crippen LogP contribution in [-0.4, -0.2) is 61.1 Å². The highest BCUT2D eigenvalue weighted by Crippen LogP contribution is 2.23. The van der Waals surface area contributed by atoms with E-state index in [4.69, 9.17) is 10.5 Å². The van der Waals surface area contributed by atoms with E-state index in [1.54, 1.807) is 0 Å². The summed E-state index contributed by atoms with van der Waals surface area (Å²) in [6, 6.07) is 5.89. The Kier molecular flexibility index (Phi) is 4.64. The number of hydrogen-bond donors (Lipinski definition) is 1. The molecule has 0 saturated carbocycles. The van der Waals surface area contributed by atoms with E-state index < -0.39 is 0 Å². The highest BCUT2D eigenvalue weighted by Gasteiger charge is 2.31. The second-order valence-electron chi connectivity index (χ2n) is 6.28. The SMILES string of the molecule is Cc1ccc(N)cc1C(=O)N1CCCC1CN1CCOCC1. The molecule has 2 aliphatic rings. The Hall–Kier alpha value is -1.59. The number of amides is 1. The molecule has 2 aliphatic heterocycles. The van der Waals surface area contributed by atoms with Crippen LogP contribution in [0, 0.1) is 6.92 Å². The molecule has 3 rings (SSSR count). The van der Waals surface area contributed by atoms with E-state index in [1.165, 1.54) is 0 Å². The molecule has 2 heterocycles. The number of carbonyl (C=O) groups is 1. The number of carbonyl (C=O) groups excluding carboxylic acids is 1. The van der Waals surface area contributed by atoms with E-state index in [9.17, 15) is 4.79 Å². The fourth-order valence-corrected chi connectivity index (χ4v) is 3.40. The van der Waals surface area contributed by atoms with Crippen LogP contribution in [0.1, 0.15) is 28.8 Å².